The third-order valence-corrected chi connectivity index (χ3v) is 5.26. The van der Waals surface area contributed by atoms with Crippen LogP contribution in [0.4, 0.5) is 0 Å². The standard InChI is InChI=1S/C25H25NO2/c1-28-23-16-12-19(13-17-23)18-26(25(27)22-14-15-22)24(20-8-4-2-5-9-20)21-10-6-3-7-11-21/h2-13,16-17,22,24H,14-15,18H2,1H3. The molecule has 1 aliphatic rings. The van der Waals surface area contributed by atoms with Crippen LogP contribution in [0.1, 0.15) is 35.6 Å². The lowest BCUT2D eigenvalue weighted by Crippen LogP contribution is -2.36. The Morgan fingerprint density at radius 2 is 1.43 bits per heavy atom. The normalized spacial score (nSPS) is 13.4. The molecule has 0 heterocycles. The van der Waals surface area contributed by atoms with E-state index in [4.69, 9.17) is 4.74 Å². The van der Waals surface area contributed by atoms with Gasteiger partial charge in [0, 0.05) is 12.5 Å². The Morgan fingerprint density at radius 1 is 0.893 bits per heavy atom. The highest BCUT2D eigenvalue weighted by Gasteiger charge is 2.37. The molecule has 0 unspecified atom stereocenters. The lowest BCUT2D eigenvalue weighted by molar-refractivity contribution is -0.135. The number of ether oxygens (including phenoxy) is 1. The van der Waals surface area contributed by atoms with Crippen LogP contribution in [-0.4, -0.2) is 17.9 Å². The van der Waals surface area contributed by atoms with E-state index in [0.29, 0.717) is 6.54 Å². The summed E-state index contributed by atoms with van der Waals surface area (Å²) in [5.41, 5.74) is 3.37. The van der Waals surface area contributed by atoms with Crippen molar-refractivity contribution in [1.29, 1.82) is 0 Å². The number of carbonyl (C=O) groups excluding carboxylic acids is 1. The molecule has 3 aromatic carbocycles. The number of carbonyl (C=O) groups is 1. The highest BCUT2D eigenvalue weighted by molar-refractivity contribution is 5.82. The summed E-state index contributed by atoms with van der Waals surface area (Å²) in [5.74, 6) is 1.23. The van der Waals surface area contributed by atoms with Gasteiger partial charge in [0.25, 0.3) is 0 Å². The summed E-state index contributed by atoms with van der Waals surface area (Å²) in [5, 5.41) is 0. The predicted octanol–water partition coefficient (Wildman–Crippen LogP) is 5.22. The Balaban J connectivity index is 1.73. The second kappa shape index (κ2) is 8.30. The summed E-state index contributed by atoms with van der Waals surface area (Å²) in [6.45, 7) is 0.577. The van der Waals surface area contributed by atoms with Gasteiger partial charge in [-0.3, -0.25) is 4.79 Å². The van der Waals surface area contributed by atoms with E-state index in [9.17, 15) is 4.79 Å². The first-order chi connectivity index (χ1) is 13.8. The molecule has 28 heavy (non-hydrogen) atoms. The minimum Gasteiger partial charge on any atom is -0.497 e. The number of amides is 1. The Bertz CT molecular complexity index is 863. The average Bonchev–Trinajstić information content (AvgIpc) is 3.60. The zero-order valence-corrected chi connectivity index (χ0v) is 16.1. The topological polar surface area (TPSA) is 29.5 Å². The van der Waals surface area contributed by atoms with Gasteiger partial charge in [0.1, 0.15) is 5.75 Å². The minimum atomic E-state index is -0.0994. The van der Waals surface area contributed by atoms with Gasteiger partial charge in [0.15, 0.2) is 0 Å². The SMILES string of the molecule is COc1ccc(CN(C(=O)C2CC2)C(c2ccccc2)c2ccccc2)cc1. The van der Waals surface area contributed by atoms with Gasteiger partial charge in [0.2, 0.25) is 5.91 Å². The van der Waals surface area contributed by atoms with Crippen molar-refractivity contribution in [2.45, 2.75) is 25.4 Å². The van der Waals surface area contributed by atoms with Crippen LogP contribution in [0.2, 0.25) is 0 Å². The van der Waals surface area contributed by atoms with Crippen LogP contribution in [0.25, 0.3) is 0 Å². The number of hydrogen-bond acceptors (Lipinski definition) is 2. The lowest BCUT2D eigenvalue weighted by atomic mass is 9.96. The van der Waals surface area contributed by atoms with E-state index < -0.39 is 0 Å². The van der Waals surface area contributed by atoms with Gasteiger partial charge in [-0.15, -0.1) is 0 Å². The molecule has 142 valence electrons. The monoisotopic (exact) mass is 371 g/mol. The van der Waals surface area contributed by atoms with Crippen LogP contribution >= 0.6 is 0 Å². The van der Waals surface area contributed by atoms with E-state index in [1.807, 2.05) is 65.6 Å². The van der Waals surface area contributed by atoms with Gasteiger partial charge in [-0.2, -0.15) is 0 Å². The number of nitrogens with zero attached hydrogens (tertiary/aromatic N) is 1. The molecular formula is C25H25NO2. The fourth-order valence-electron chi connectivity index (χ4n) is 3.61. The molecule has 0 aliphatic heterocycles. The maximum atomic E-state index is 13.3. The minimum absolute atomic E-state index is 0.0994. The first kappa shape index (κ1) is 18.3. The first-order valence-electron chi connectivity index (χ1n) is 9.79. The van der Waals surface area contributed by atoms with Crippen molar-refractivity contribution in [3.63, 3.8) is 0 Å². The van der Waals surface area contributed by atoms with Crippen LogP contribution in [0.3, 0.4) is 0 Å². The molecule has 3 nitrogen and oxygen atoms in total. The number of benzene rings is 3. The molecule has 1 aliphatic carbocycles. The quantitative estimate of drug-likeness (QED) is 0.570. The summed E-state index contributed by atoms with van der Waals surface area (Å²) in [6.07, 6.45) is 1.99. The highest BCUT2D eigenvalue weighted by Crippen LogP contribution is 2.37. The number of rotatable bonds is 7. The molecule has 0 N–H and O–H groups in total. The average molecular weight is 371 g/mol. The van der Waals surface area contributed by atoms with Crippen molar-refractivity contribution < 1.29 is 9.53 Å². The zero-order chi connectivity index (χ0) is 19.3. The molecule has 0 radical (unpaired) electrons. The third kappa shape index (κ3) is 4.09. The molecule has 0 bridgehead atoms. The van der Waals surface area contributed by atoms with Crippen molar-refractivity contribution in [3.05, 3.63) is 102 Å². The fourth-order valence-corrected chi connectivity index (χ4v) is 3.61. The second-order valence-corrected chi connectivity index (χ2v) is 7.31. The molecule has 4 rings (SSSR count). The van der Waals surface area contributed by atoms with E-state index in [-0.39, 0.29) is 17.9 Å². The second-order valence-electron chi connectivity index (χ2n) is 7.31. The third-order valence-electron chi connectivity index (χ3n) is 5.26. The van der Waals surface area contributed by atoms with E-state index in [1.54, 1.807) is 7.11 Å². The Hall–Kier alpha value is -3.07. The molecule has 1 saturated carbocycles. The summed E-state index contributed by atoms with van der Waals surface area (Å²) in [6, 6.07) is 28.5. The molecule has 1 amide bonds. The van der Waals surface area contributed by atoms with E-state index >= 15 is 0 Å². The summed E-state index contributed by atoms with van der Waals surface area (Å²) < 4.78 is 5.28. The van der Waals surface area contributed by atoms with Gasteiger partial charge < -0.3 is 9.64 Å². The van der Waals surface area contributed by atoms with Gasteiger partial charge in [-0.25, -0.2) is 0 Å². The van der Waals surface area contributed by atoms with E-state index in [1.165, 1.54) is 0 Å². The smallest absolute Gasteiger partial charge is 0.226 e. The molecular weight excluding hydrogens is 346 g/mol. The van der Waals surface area contributed by atoms with E-state index in [2.05, 4.69) is 24.3 Å². The van der Waals surface area contributed by atoms with Gasteiger partial charge in [-0.1, -0.05) is 72.8 Å². The van der Waals surface area contributed by atoms with Crippen molar-refractivity contribution in [3.8, 4) is 5.75 Å². The lowest BCUT2D eigenvalue weighted by Gasteiger charge is -2.33. The number of hydrogen-bond donors (Lipinski definition) is 0. The Labute approximate surface area is 166 Å². The maximum absolute atomic E-state index is 13.3. The fraction of sp³-hybridized carbons (Fsp3) is 0.240. The van der Waals surface area contributed by atoms with Crippen molar-refractivity contribution in [2.24, 2.45) is 5.92 Å². The molecule has 0 spiro atoms. The molecule has 0 saturated heterocycles. The molecule has 0 aromatic heterocycles. The zero-order valence-electron chi connectivity index (χ0n) is 16.1. The van der Waals surface area contributed by atoms with Crippen molar-refractivity contribution in [1.82, 2.24) is 4.90 Å². The van der Waals surface area contributed by atoms with Crippen molar-refractivity contribution >= 4 is 5.91 Å². The van der Waals surface area contributed by atoms with Gasteiger partial charge >= 0.3 is 0 Å². The first-order valence-corrected chi connectivity index (χ1v) is 9.79. The summed E-state index contributed by atoms with van der Waals surface area (Å²) >= 11 is 0. The predicted molar refractivity (Wildman–Crippen MR) is 111 cm³/mol. The van der Waals surface area contributed by atoms with Gasteiger partial charge in [-0.05, 0) is 41.7 Å². The van der Waals surface area contributed by atoms with E-state index in [0.717, 1.165) is 35.3 Å². The summed E-state index contributed by atoms with van der Waals surface area (Å²) in [7, 11) is 1.67. The Morgan fingerprint density at radius 3 is 1.89 bits per heavy atom. The molecule has 1 fully saturated rings. The number of methoxy groups -OCH3 is 1. The Kier molecular flexibility index (Phi) is 5.43. The van der Waals surface area contributed by atoms with Crippen LogP contribution in [-0.2, 0) is 11.3 Å². The highest BCUT2D eigenvalue weighted by atomic mass is 16.5. The van der Waals surface area contributed by atoms with Crippen LogP contribution in [0.5, 0.6) is 5.75 Å². The molecule has 0 atom stereocenters. The summed E-state index contributed by atoms with van der Waals surface area (Å²) in [4.78, 5) is 15.4. The molecule has 3 aromatic rings. The largest absolute Gasteiger partial charge is 0.497 e. The molecule has 3 heteroatoms. The maximum Gasteiger partial charge on any atom is 0.226 e. The van der Waals surface area contributed by atoms with Crippen LogP contribution < -0.4 is 4.74 Å². The van der Waals surface area contributed by atoms with Gasteiger partial charge in [0.05, 0.1) is 13.2 Å². The van der Waals surface area contributed by atoms with Crippen LogP contribution in [0, 0.1) is 5.92 Å². The van der Waals surface area contributed by atoms with Crippen molar-refractivity contribution in [2.75, 3.05) is 7.11 Å². The van der Waals surface area contributed by atoms with Crippen LogP contribution in [0.15, 0.2) is 84.9 Å².